The molecular weight excluding hydrogens is 302 g/mol. The van der Waals surface area contributed by atoms with Gasteiger partial charge in [-0.2, -0.15) is 0 Å². The molecule has 0 aromatic carbocycles. The van der Waals surface area contributed by atoms with Gasteiger partial charge in [0, 0.05) is 18.6 Å². The summed E-state index contributed by atoms with van der Waals surface area (Å²) in [5, 5.41) is 6.80. The number of amides is 1. The summed E-state index contributed by atoms with van der Waals surface area (Å²) in [7, 11) is 0. The highest BCUT2D eigenvalue weighted by Crippen LogP contribution is 2.32. The smallest absolute Gasteiger partial charge is 0.407 e. The van der Waals surface area contributed by atoms with E-state index in [4.69, 9.17) is 4.74 Å². The molecule has 2 unspecified atom stereocenters. The summed E-state index contributed by atoms with van der Waals surface area (Å²) in [6.45, 7) is 12.5. The van der Waals surface area contributed by atoms with Crippen LogP contribution in [0.4, 0.5) is 4.79 Å². The second-order valence-corrected chi connectivity index (χ2v) is 8.47. The van der Waals surface area contributed by atoms with Crippen molar-refractivity contribution < 1.29 is 9.53 Å². The van der Waals surface area contributed by atoms with Gasteiger partial charge in [-0.25, -0.2) is 4.79 Å². The molecule has 2 fully saturated rings. The quantitative estimate of drug-likeness (QED) is 0.748. The van der Waals surface area contributed by atoms with E-state index in [0.717, 1.165) is 6.54 Å². The SMILES string of the molecule is CCCN1CCCC(NCC(NC(=O)OC(C)(C)C)C2CC2)CC1. The standard InChI is InChI=1S/C19H37N3O2/c1-5-11-22-12-6-7-16(10-13-22)20-14-17(15-8-9-15)21-18(23)24-19(2,3)4/h15-17,20H,5-14H2,1-4H3,(H,21,23). The molecule has 140 valence electrons. The Kier molecular flexibility index (Phi) is 7.35. The van der Waals surface area contributed by atoms with Crippen LogP contribution in [0.3, 0.4) is 0 Å². The normalized spacial score (nSPS) is 24.2. The Balaban J connectivity index is 1.74. The van der Waals surface area contributed by atoms with Gasteiger partial charge in [0.05, 0.1) is 0 Å². The molecule has 2 N–H and O–H groups in total. The number of ether oxygens (including phenoxy) is 1. The molecule has 0 radical (unpaired) electrons. The number of likely N-dealkylation sites (tertiary alicyclic amines) is 1. The Morgan fingerprint density at radius 2 is 1.96 bits per heavy atom. The van der Waals surface area contributed by atoms with E-state index in [1.54, 1.807) is 0 Å². The third kappa shape index (κ3) is 7.39. The molecule has 2 aliphatic rings. The van der Waals surface area contributed by atoms with Gasteiger partial charge >= 0.3 is 6.09 Å². The number of carbonyl (C=O) groups is 1. The molecule has 0 aromatic rings. The average molecular weight is 340 g/mol. The molecule has 2 rings (SSSR count). The van der Waals surface area contributed by atoms with Crippen LogP contribution in [0.2, 0.25) is 0 Å². The lowest BCUT2D eigenvalue weighted by Crippen LogP contribution is -2.47. The molecule has 2 atom stereocenters. The monoisotopic (exact) mass is 339 g/mol. The topological polar surface area (TPSA) is 53.6 Å². The van der Waals surface area contributed by atoms with Crippen LogP contribution in [0, 0.1) is 5.92 Å². The lowest BCUT2D eigenvalue weighted by molar-refractivity contribution is 0.0496. The van der Waals surface area contributed by atoms with Crippen molar-refractivity contribution in [1.29, 1.82) is 0 Å². The summed E-state index contributed by atoms with van der Waals surface area (Å²) in [4.78, 5) is 14.6. The molecule has 0 aromatic heterocycles. The minimum Gasteiger partial charge on any atom is -0.444 e. The summed E-state index contributed by atoms with van der Waals surface area (Å²) in [6.07, 6.45) is 7.12. The highest BCUT2D eigenvalue weighted by molar-refractivity contribution is 5.68. The van der Waals surface area contributed by atoms with E-state index < -0.39 is 5.60 Å². The van der Waals surface area contributed by atoms with Crippen LogP contribution >= 0.6 is 0 Å². The number of alkyl carbamates (subject to hydrolysis) is 1. The molecule has 0 spiro atoms. The minimum absolute atomic E-state index is 0.204. The number of hydrogen-bond donors (Lipinski definition) is 2. The first-order chi connectivity index (χ1) is 11.4. The molecule has 0 bridgehead atoms. The summed E-state index contributed by atoms with van der Waals surface area (Å²) in [6, 6.07) is 0.781. The maximum absolute atomic E-state index is 12.1. The summed E-state index contributed by atoms with van der Waals surface area (Å²) < 4.78 is 5.41. The van der Waals surface area contributed by atoms with E-state index in [1.165, 1.54) is 58.2 Å². The van der Waals surface area contributed by atoms with Crippen LogP contribution in [-0.2, 0) is 4.74 Å². The van der Waals surface area contributed by atoms with Gasteiger partial charge in [-0.15, -0.1) is 0 Å². The maximum atomic E-state index is 12.1. The van der Waals surface area contributed by atoms with Gasteiger partial charge in [0.1, 0.15) is 5.60 Å². The number of hydrogen-bond acceptors (Lipinski definition) is 4. The van der Waals surface area contributed by atoms with E-state index in [2.05, 4.69) is 22.5 Å². The van der Waals surface area contributed by atoms with Gasteiger partial charge in [-0.05, 0) is 84.8 Å². The highest BCUT2D eigenvalue weighted by atomic mass is 16.6. The zero-order valence-corrected chi connectivity index (χ0v) is 16.1. The average Bonchev–Trinajstić information content (AvgIpc) is 3.30. The van der Waals surface area contributed by atoms with E-state index in [9.17, 15) is 4.79 Å². The largest absolute Gasteiger partial charge is 0.444 e. The van der Waals surface area contributed by atoms with Crippen molar-refractivity contribution >= 4 is 6.09 Å². The van der Waals surface area contributed by atoms with Crippen LogP contribution in [0.25, 0.3) is 0 Å². The summed E-state index contributed by atoms with van der Waals surface area (Å²) in [5.74, 6) is 0.618. The maximum Gasteiger partial charge on any atom is 0.407 e. The fourth-order valence-electron chi connectivity index (χ4n) is 3.49. The van der Waals surface area contributed by atoms with Gasteiger partial charge in [0.2, 0.25) is 0 Å². The summed E-state index contributed by atoms with van der Waals surface area (Å²) in [5.41, 5.74) is -0.435. The van der Waals surface area contributed by atoms with Crippen molar-refractivity contribution in [2.45, 2.75) is 83.9 Å². The minimum atomic E-state index is -0.435. The van der Waals surface area contributed by atoms with Crippen LogP contribution in [-0.4, -0.2) is 54.9 Å². The predicted octanol–water partition coefficient (Wildman–Crippen LogP) is 3.14. The van der Waals surface area contributed by atoms with E-state index >= 15 is 0 Å². The molecule has 5 heteroatoms. The molecular formula is C19H37N3O2. The molecule has 1 saturated heterocycles. The molecule has 5 nitrogen and oxygen atoms in total. The highest BCUT2D eigenvalue weighted by Gasteiger charge is 2.33. The first-order valence-corrected chi connectivity index (χ1v) is 9.82. The number of rotatable bonds is 7. The summed E-state index contributed by atoms with van der Waals surface area (Å²) >= 11 is 0. The van der Waals surface area contributed by atoms with Gasteiger partial charge in [-0.1, -0.05) is 6.92 Å². The molecule has 24 heavy (non-hydrogen) atoms. The van der Waals surface area contributed by atoms with Crippen molar-refractivity contribution in [3.8, 4) is 0 Å². The fraction of sp³-hybridized carbons (Fsp3) is 0.947. The fourth-order valence-corrected chi connectivity index (χ4v) is 3.49. The van der Waals surface area contributed by atoms with E-state index in [-0.39, 0.29) is 12.1 Å². The van der Waals surface area contributed by atoms with Crippen LogP contribution in [0.5, 0.6) is 0 Å². The van der Waals surface area contributed by atoms with Gasteiger partial charge in [0.15, 0.2) is 0 Å². The number of nitrogens with one attached hydrogen (secondary N) is 2. The molecule has 1 heterocycles. The van der Waals surface area contributed by atoms with Gasteiger partial charge in [0.25, 0.3) is 0 Å². The van der Waals surface area contributed by atoms with Crippen molar-refractivity contribution in [1.82, 2.24) is 15.5 Å². The molecule has 1 saturated carbocycles. The van der Waals surface area contributed by atoms with Crippen molar-refractivity contribution in [3.05, 3.63) is 0 Å². The van der Waals surface area contributed by atoms with Gasteiger partial charge in [-0.3, -0.25) is 0 Å². The number of nitrogens with zero attached hydrogens (tertiary/aromatic N) is 1. The Bertz CT molecular complexity index is 391. The Labute approximate surface area is 147 Å². The second kappa shape index (κ2) is 9.04. The lowest BCUT2D eigenvalue weighted by Gasteiger charge is -2.25. The third-order valence-electron chi connectivity index (χ3n) is 4.88. The number of carbonyl (C=O) groups excluding carboxylic acids is 1. The zero-order valence-electron chi connectivity index (χ0n) is 16.1. The molecule has 1 aliphatic carbocycles. The van der Waals surface area contributed by atoms with Gasteiger partial charge < -0.3 is 20.3 Å². The van der Waals surface area contributed by atoms with E-state index in [0.29, 0.717) is 12.0 Å². The lowest BCUT2D eigenvalue weighted by atomic mass is 10.1. The second-order valence-electron chi connectivity index (χ2n) is 8.47. The molecule has 1 amide bonds. The van der Waals surface area contributed by atoms with Crippen molar-refractivity contribution in [3.63, 3.8) is 0 Å². The zero-order chi connectivity index (χ0) is 17.6. The van der Waals surface area contributed by atoms with Crippen molar-refractivity contribution in [2.24, 2.45) is 5.92 Å². The first kappa shape index (κ1) is 19.5. The first-order valence-electron chi connectivity index (χ1n) is 9.82. The van der Waals surface area contributed by atoms with Crippen LogP contribution in [0.15, 0.2) is 0 Å². The molecule has 1 aliphatic heterocycles. The van der Waals surface area contributed by atoms with Crippen LogP contribution in [0.1, 0.15) is 66.2 Å². The van der Waals surface area contributed by atoms with Crippen LogP contribution < -0.4 is 10.6 Å². The Morgan fingerprint density at radius 1 is 1.21 bits per heavy atom. The third-order valence-corrected chi connectivity index (χ3v) is 4.88. The van der Waals surface area contributed by atoms with Crippen molar-refractivity contribution in [2.75, 3.05) is 26.2 Å². The Hall–Kier alpha value is -0.810. The predicted molar refractivity (Wildman–Crippen MR) is 98.3 cm³/mol. The Morgan fingerprint density at radius 3 is 2.58 bits per heavy atom. The van der Waals surface area contributed by atoms with E-state index in [1.807, 2.05) is 20.8 Å².